The summed E-state index contributed by atoms with van der Waals surface area (Å²) in [7, 11) is 0. The Morgan fingerprint density at radius 3 is 1.85 bits per heavy atom. The van der Waals surface area contributed by atoms with Gasteiger partial charge in [0.1, 0.15) is 0 Å². The third-order valence-corrected chi connectivity index (χ3v) is 1.66. The van der Waals surface area contributed by atoms with E-state index < -0.39 is 5.97 Å². The summed E-state index contributed by atoms with van der Waals surface area (Å²) in [5.74, 6) is -1.06. The summed E-state index contributed by atoms with van der Waals surface area (Å²) in [6.45, 7) is -0.456. The van der Waals surface area contributed by atoms with E-state index in [0.717, 1.165) is 0 Å². The first-order valence-corrected chi connectivity index (χ1v) is 3.75. The number of carboxylic acid groups (broad SMARTS) is 1. The first-order chi connectivity index (χ1) is 6.17. The molecule has 1 rings (SSSR count). The number of rotatable bonds is 3. The van der Waals surface area contributed by atoms with E-state index in [1.165, 1.54) is 12.1 Å². The molecule has 0 aliphatic carbocycles. The van der Waals surface area contributed by atoms with Gasteiger partial charge < -0.3 is 15.3 Å². The van der Waals surface area contributed by atoms with E-state index >= 15 is 0 Å². The molecule has 0 aliphatic heterocycles. The number of aliphatic hydroxyl groups is 2. The Labute approximate surface area is 75.1 Å². The molecule has 1 aromatic rings. The van der Waals surface area contributed by atoms with Crippen molar-refractivity contribution in [1.82, 2.24) is 0 Å². The van der Waals surface area contributed by atoms with Gasteiger partial charge in [0.05, 0.1) is 18.8 Å². The highest BCUT2D eigenvalue weighted by Gasteiger charge is 2.05. The smallest absolute Gasteiger partial charge is 0.335 e. The number of aliphatic hydroxyl groups excluding tert-OH is 2. The summed E-state index contributed by atoms with van der Waals surface area (Å²) in [5.41, 5.74) is 1.06. The van der Waals surface area contributed by atoms with E-state index in [2.05, 4.69) is 0 Å². The molecule has 13 heavy (non-hydrogen) atoms. The monoisotopic (exact) mass is 182 g/mol. The molecule has 1 aromatic carbocycles. The van der Waals surface area contributed by atoms with Gasteiger partial charge in [-0.15, -0.1) is 0 Å². The van der Waals surface area contributed by atoms with Gasteiger partial charge in [-0.3, -0.25) is 0 Å². The molecule has 70 valence electrons. The molecule has 0 saturated carbocycles. The van der Waals surface area contributed by atoms with Crippen LogP contribution in [0.5, 0.6) is 0 Å². The van der Waals surface area contributed by atoms with Crippen molar-refractivity contribution in [3.8, 4) is 0 Å². The molecule has 0 bridgehead atoms. The van der Waals surface area contributed by atoms with E-state index in [1.807, 2.05) is 0 Å². The van der Waals surface area contributed by atoms with Crippen LogP contribution in [0.15, 0.2) is 18.2 Å². The van der Waals surface area contributed by atoms with Gasteiger partial charge >= 0.3 is 5.97 Å². The van der Waals surface area contributed by atoms with Crippen LogP contribution in [0.4, 0.5) is 0 Å². The molecule has 0 unspecified atom stereocenters. The molecule has 3 N–H and O–H groups in total. The van der Waals surface area contributed by atoms with Crippen LogP contribution in [0.3, 0.4) is 0 Å². The van der Waals surface area contributed by atoms with E-state index in [9.17, 15) is 4.79 Å². The quantitative estimate of drug-likeness (QED) is 0.631. The Morgan fingerprint density at radius 1 is 1.08 bits per heavy atom. The van der Waals surface area contributed by atoms with Crippen molar-refractivity contribution in [1.29, 1.82) is 0 Å². The fourth-order valence-electron chi connectivity index (χ4n) is 1.07. The Morgan fingerprint density at radius 2 is 1.54 bits per heavy atom. The van der Waals surface area contributed by atoms with Crippen LogP contribution in [-0.2, 0) is 13.2 Å². The van der Waals surface area contributed by atoms with Crippen LogP contribution in [0, 0.1) is 0 Å². The molecule has 0 saturated heterocycles. The number of carboxylic acids is 1. The third-order valence-electron chi connectivity index (χ3n) is 1.66. The summed E-state index contributed by atoms with van der Waals surface area (Å²) >= 11 is 0. The fourth-order valence-corrected chi connectivity index (χ4v) is 1.07. The zero-order valence-electron chi connectivity index (χ0n) is 6.90. The number of hydrogen-bond donors (Lipinski definition) is 3. The minimum Gasteiger partial charge on any atom is -0.478 e. The van der Waals surface area contributed by atoms with Crippen molar-refractivity contribution in [3.05, 3.63) is 34.9 Å². The maximum absolute atomic E-state index is 10.6. The Bertz CT molecular complexity index is 297. The average molecular weight is 182 g/mol. The number of benzene rings is 1. The standard InChI is InChI=1S/C9H10O4/c10-4-6-1-7(5-11)3-8(2-6)9(12)13/h1-3,10-11H,4-5H2,(H,12,13). The predicted molar refractivity (Wildman–Crippen MR) is 45.2 cm³/mol. The lowest BCUT2D eigenvalue weighted by molar-refractivity contribution is 0.0696. The molecular weight excluding hydrogens is 172 g/mol. The van der Waals surface area contributed by atoms with Gasteiger partial charge in [-0.1, -0.05) is 6.07 Å². The van der Waals surface area contributed by atoms with Gasteiger partial charge in [0, 0.05) is 0 Å². The van der Waals surface area contributed by atoms with Gasteiger partial charge in [-0.2, -0.15) is 0 Å². The normalized spacial score (nSPS) is 10.0. The average Bonchev–Trinajstić information content (AvgIpc) is 2.16. The summed E-state index contributed by atoms with van der Waals surface area (Å²) < 4.78 is 0. The largest absolute Gasteiger partial charge is 0.478 e. The maximum atomic E-state index is 10.6. The second-order valence-corrected chi connectivity index (χ2v) is 2.66. The van der Waals surface area contributed by atoms with Gasteiger partial charge in [0.2, 0.25) is 0 Å². The minimum atomic E-state index is -1.06. The summed E-state index contributed by atoms with van der Waals surface area (Å²) in [5, 5.41) is 26.2. The second-order valence-electron chi connectivity index (χ2n) is 2.66. The number of aromatic carboxylic acids is 1. The highest BCUT2D eigenvalue weighted by atomic mass is 16.4. The zero-order valence-corrected chi connectivity index (χ0v) is 6.90. The van der Waals surface area contributed by atoms with Crippen molar-refractivity contribution in [3.63, 3.8) is 0 Å². The van der Waals surface area contributed by atoms with Crippen LogP contribution in [0.1, 0.15) is 21.5 Å². The first-order valence-electron chi connectivity index (χ1n) is 3.75. The van der Waals surface area contributed by atoms with E-state index in [4.69, 9.17) is 15.3 Å². The minimum absolute atomic E-state index is 0.0793. The topological polar surface area (TPSA) is 77.8 Å². The molecule has 0 aliphatic rings. The summed E-state index contributed by atoms with van der Waals surface area (Å²) in [6, 6.07) is 4.31. The zero-order chi connectivity index (χ0) is 9.84. The lowest BCUT2D eigenvalue weighted by atomic mass is 10.1. The van der Waals surface area contributed by atoms with Gasteiger partial charge in [0.15, 0.2) is 0 Å². The van der Waals surface area contributed by atoms with E-state index in [1.54, 1.807) is 6.07 Å². The van der Waals surface area contributed by atoms with Crippen molar-refractivity contribution >= 4 is 5.97 Å². The lowest BCUT2D eigenvalue weighted by Crippen LogP contribution is -2.00. The Balaban J connectivity index is 3.14. The van der Waals surface area contributed by atoms with E-state index in [-0.39, 0.29) is 18.8 Å². The molecule has 0 amide bonds. The van der Waals surface area contributed by atoms with Crippen molar-refractivity contribution in [2.75, 3.05) is 0 Å². The third kappa shape index (κ3) is 2.27. The SMILES string of the molecule is O=C(O)c1cc(CO)cc(CO)c1. The Hall–Kier alpha value is -1.39. The molecular formula is C9H10O4. The number of carbonyl (C=O) groups is 1. The number of hydrogen-bond acceptors (Lipinski definition) is 3. The predicted octanol–water partition coefficient (Wildman–Crippen LogP) is 0.369. The van der Waals surface area contributed by atoms with Crippen LogP contribution in [0.2, 0.25) is 0 Å². The highest BCUT2D eigenvalue weighted by molar-refractivity contribution is 5.88. The summed E-state index contributed by atoms with van der Waals surface area (Å²) in [6.07, 6.45) is 0. The molecule has 0 fully saturated rings. The molecule has 0 heterocycles. The Kier molecular flexibility index (Phi) is 3.00. The molecule has 4 nitrogen and oxygen atoms in total. The lowest BCUT2D eigenvalue weighted by Gasteiger charge is -2.02. The fraction of sp³-hybridized carbons (Fsp3) is 0.222. The molecule has 0 aromatic heterocycles. The highest BCUT2D eigenvalue weighted by Crippen LogP contribution is 2.10. The van der Waals surface area contributed by atoms with Crippen LogP contribution in [-0.4, -0.2) is 21.3 Å². The van der Waals surface area contributed by atoms with Gasteiger partial charge in [0.25, 0.3) is 0 Å². The first kappa shape index (κ1) is 9.70. The maximum Gasteiger partial charge on any atom is 0.335 e. The second kappa shape index (κ2) is 4.02. The molecule has 0 spiro atoms. The molecule has 0 atom stereocenters. The van der Waals surface area contributed by atoms with Crippen LogP contribution < -0.4 is 0 Å². The van der Waals surface area contributed by atoms with Crippen molar-refractivity contribution < 1.29 is 20.1 Å². The molecule has 4 heteroatoms. The van der Waals surface area contributed by atoms with Gasteiger partial charge in [-0.05, 0) is 23.3 Å². The van der Waals surface area contributed by atoms with Gasteiger partial charge in [-0.25, -0.2) is 4.79 Å². The van der Waals surface area contributed by atoms with E-state index in [0.29, 0.717) is 11.1 Å². The van der Waals surface area contributed by atoms with Crippen molar-refractivity contribution in [2.24, 2.45) is 0 Å². The van der Waals surface area contributed by atoms with Crippen molar-refractivity contribution in [2.45, 2.75) is 13.2 Å². The summed E-state index contributed by atoms with van der Waals surface area (Å²) in [4.78, 5) is 10.6. The van der Waals surface area contributed by atoms with Crippen LogP contribution in [0.25, 0.3) is 0 Å². The van der Waals surface area contributed by atoms with Crippen LogP contribution >= 0.6 is 0 Å². The molecule has 0 radical (unpaired) electrons.